The highest BCUT2D eigenvalue weighted by molar-refractivity contribution is 6.33. The van der Waals surface area contributed by atoms with E-state index in [1.807, 2.05) is 32.0 Å². The molecule has 2 aromatic rings. The average molecular weight is 338 g/mol. The predicted molar refractivity (Wildman–Crippen MR) is 88.0 cm³/mol. The van der Waals surface area contributed by atoms with Gasteiger partial charge in [0, 0.05) is 11.6 Å². The van der Waals surface area contributed by atoms with Gasteiger partial charge in [0.2, 0.25) is 0 Å². The zero-order valence-corrected chi connectivity index (χ0v) is 13.8. The van der Waals surface area contributed by atoms with Crippen molar-refractivity contribution in [3.8, 4) is 11.3 Å². The van der Waals surface area contributed by atoms with Crippen LogP contribution in [0.5, 0.6) is 0 Å². The number of carbonyl (C=O) groups excluding carboxylic acids is 1. The number of nitrogens with one attached hydrogen (secondary N) is 2. The minimum Gasteiger partial charge on any atom is -0.394 e. The zero-order valence-electron chi connectivity index (χ0n) is 13.0. The quantitative estimate of drug-likeness (QED) is 0.756. The Morgan fingerprint density at radius 3 is 2.78 bits per heavy atom. The van der Waals surface area contributed by atoms with Crippen LogP contribution in [0.3, 0.4) is 0 Å². The van der Waals surface area contributed by atoms with Crippen molar-refractivity contribution >= 4 is 17.6 Å². The maximum Gasteiger partial charge on any atom is 0.315 e. The first kappa shape index (κ1) is 17.3. The topological polar surface area (TPSA) is 87.4 Å². The van der Waals surface area contributed by atoms with Gasteiger partial charge in [0.25, 0.3) is 0 Å². The fraction of sp³-hybridized carbons (Fsp3) is 0.375. The molecule has 1 aromatic carbocycles. The monoisotopic (exact) mass is 337 g/mol. The summed E-state index contributed by atoms with van der Waals surface area (Å²) in [6.07, 6.45) is 0. The molecule has 3 N–H and O–H groups in total. The van der Waals surface area contributed by atoms with Crippen LogP contribution in [-0.4, -0.2) is 28.9 Å². The summed E-state index contributed by atoms with van der Waals surface area (Å²) in [5.41, 5.74) is 1.33. The summed E-state index contributed by atoms with van der Waals surface area (Å²) < 4.78 is 5.26. The van der Waals surface area contributed by atoms with Crippen molar-refractivity contribution in [1.29, 1.82) is 0 Å². The van der Waals surface area contributed by atoms with Crippen LogP contribution in [0.4, 0.5) is 4.79 Å². The van der Waals surface area contributed by atoms with Crippen molar-refractivity contribution in [3.05, 3.63) is 41.0 Å². The minimum atomic E-state index is -0.361. The van der Waals surface area contributed by atoms with E-state index in [0.717, 1.165) is 5.56 Å². The zero-order chi connectivity index (χ0) is 16.8. The van der Waals surface area contributed by atoms with E-state index in [1.54, 1.807) is 12.1 Å². The first-order valence-electron chi connectivity index (χ1n) is 7.37. The second-order valence-electron chi connectivity index (χ2n) is 5.52. The lowest BCUT2D eigenvalue weighted by Crippen LogP contribution is -2.46. The molecule has 1 heterocycles. The van der Waals surface area contributed by atoms with Gasteiger partial charge in [-0.1, -0.05) is 42.7 Å². The SMILES string of the molecule is CC(C)[C@H](CO)NC(=O)NCc1cc(-c2ccccc2Cl)on1. The Labute approximate surface area is 139 Å². The van der Waals surface area contributed by atoms with E-state index in [1.165, 1.54) is 0 Å². The van der Waals surface area contributed by atoms with Crippen LogP contribution >= 0.6 is 11.6 Å². The van der Waals surface area contributed by atoms with Crippen LogP contribution in [0.2, 0.25) is 5.02 Å². The molecule has 1 atom stereocenters. The molecule has 0 unspecified atom stereocenters. The van der Waals surface area contributed by atoms with E-state index in [0.29, 0.717) is 16.5 Å². The normalized spacial score (nSPS) is 12.2. The summed E-state index contributed by atoms with van der Waals surface area (Å²) in [6.45, 7) is 3.96. The van der Waals surface area contributed by atoms with Crippen molar-refractivity contribution in [2.75, 3.05) is 6.61 Å². The molecule has 0 fully saturated rings. The minimum absolute atomic E-state index is 0.105. The Morgan fingerprint density at radius 1 is 1.39 bits per heavy atom. The van der Waals surface area contributed by atoms with Gasteiger partial charge in [0.05, 0.1) is 24.2 Å². The van der Waals surface area contributed by atoms with E-state index in [4.69, 9.17) is 16.1 Å². The number of nitrogens with zero attached hydrogens (tertiary/aromatic N) is 1. The van der Waals surface area contributed by atoms with Crippen LogP contribution in [0.1, 0.15) is 19.5 Å². The predicted octanol–water partition coefficient (Wildman–Crippen LogP) is 2.81. The number of aliphatic hydroxyl groups excluding tert-OH is 1. The second-order valence-corrected chi connectivity index (χ2v) is 5.93. The van der Waals surface area contributed by atoms with Crippen molar-refractivity contribution in [1.82, 2.24) is 15.8 Å². The number of halogens is 1. The number of carbonyl (C=O) groups is 1. The maximum absolute atomic E-state index is 11.8. The largest absolute Gasteiger partial charge is 0.394 e. The van der Waals surface area contributed by atoms with E-state index in [2.05, 4.69) is 15.8 Å². The van der Waals surface area contributed by atoms with Gasteiger partial charge in [-0.3, -0.25) is 0 Å². The van der Waals surface area contributed by atoms with Crippen molar-refractivity contribution in [3.63, 3.8) is 0 Å². The second kappa shape index (κ2) is 7.99. The van der Waals surface area contributed by atoms with Crippen LogP contribution in [0, 0.1) is 5.92 Å². The molecule has 6 nitrogen and oxygen atoms in total. The number of urea groups is 1. The fourth-order valence-electron chi connectivity index (χ4n) is 2.00. The molecule has 0 saturated heterocycles. The van der Waals surface area contributed by atoms with Gasteiger partial charge in [-0.2, -0.15) is 0 Å². The first-order valence-corrected chi connectivity index (χ1v) is 7.74. The molecule has 2 rings (SSSR count). The number of rotatable bonds is 6. The van der Waals surface area contributed by atoms with Gasteiger partial charge in [0.15, 0.2) is 5.76 Å². The lowest BCUT2D eigenvalue weighted by molar-refractivity contribution is 0.198. The first-order chi connectivity index (χ1) is 11.0. The summed E-state index contributed by atoms with van der Waals surface area (Å²) in [5, 5.41) is 19.1. The molecule has 0 spiro atoms. The maximum atomic E-state index is 11.8. The summed E-state index contributed by atoms with van der Waals surface area (Å²) >= 11 is 6.11. The smallest absolute Gasteiger partial charge is 0.315 e. The lowest BCUT2D eigenvalue weighted by atomic mass is 10.1. The summed E-state index contributed by atoms with van der Waals surface area (Å²) in [6, 6.07) is 8.38. The highest BCUT2D eigenvalue weighted by Gasteiger charge is 2.15. The van der Waals surface area contributed by atoms with Gasteiger partial charge in [-0.05, 0) is 18.1 Å². The molecule has 0 saturated carbocycles. The molecule has 0 bridgehead atoms. The number of aromatic nitrogens is 1. The summed E-state index contributed by atoms with van der Waals surface area (Å²) in [4.78, 5) is 11.8. The molecular formula is C16H20ClN3O3. The van der Waals surface area contributed by atoms with Crippen LogP contribution in [0.25, 0.3) is 11.3 Å². The lowest BCUT2D eigenvalue weighted by Gasteiger charge is -2.19. The summed E-state index contributed by atoms with van der Waals surface area (Å²) in [5.74, 6) is 0.688. The number of aliphatic hydroxyl groups is 1. The molecule has 0 aliphatic heterocycles. The van der Waals surface area contributed by atoms with Crippen LogP contribution in [0.15, 0.2) is 34.9 Å². The van der Waals surface area contributed by atoms with Crippen molar-refractivity contribution in [2.24, 2.45) is 5.92 Å². The third-order valence-electron chi connectivity index (χ3n) is 3.45. The Kier molecular flexibility index (Phi) is 6.01. The van der Waals surface area contributed by atoms with E-state index < -0.39 is 0 Å². The van der Waals surface area contributed by atoms with Crippen molar-refractivity contribution in [2.45, 2.75) is 26.4 Å². The van der Waals surface area contributed by atoms with E-state index in [-0.39, 0.29) is 31.1 Å². The Hall–Kier alpha value is -2.05. The highest BCUT2D eigenvalue weighted by Crippen LogP contribution is 2.27. The number of benzene rings is 1. The number of hydrogen-bond acceptors (Lipinski definition) is 4. The number of hydrogen-bond donors (Lipinski definition) is 3. The van der Waals surface area contributed by atoms with Crippen molar-refractivity contribution < 1.29 is 14.4 Å². The molecule has 0 radical (unpaired) electrons. The molecule has 1 aromatic heterocycles. The Bertz CT molecular complexity index is 658. The molecular weight excluding hydrogens is 318 g/mol. The third kappa shape index (κ3) is 4.71. The molecule has 2 amide bonds. The van der Waals surface area contributed by atoms with Gasteiger partial charge in [-0.15, -0.1) is 0 Å². The van der Waals surface area contributed by atoms with Gasteiger partial charge < -0.3 is 20.3 Å². The average Bonchev–Trinajstić information content (AvgIpc) is 2.99. The fourth-order valence-corrected chi connectivity index (χ4v) is 2.23. The van der Waals surface area contributed by atoms with E-state index in [9.17, 15) is 9.90 Å². The Balaban J connectivity index is 1.93. The van der Waals surface area contributed by atoms with Gasteiger partial charge in [-0.25, -0.2) is 4.79 Å². The van der Waals surface area contributed by atoms with Gasteiger partial charge >= 0.3 is 6.03 Å². The summed E-state index contributed by atoms with van der Waals surface area (Å²) in [7, 11) is 0. The third-order valence-corrected chi connectivity index (χ3v) is 3.78. The molecule has 0 aliphatic carbocycles. The van der Waals surface area contributed by atoms with Gasteiger partial charge in [0.1, 0.15) is 5.69 Å². The highest BCUT2D eigenvalue weighted by atomic mass is 35.5. The molecule has 23 heavy (non-hydrogen) atoms. The Morgan fingerprint density at radius 2 is 2.13 bits per heavy atom. The molecule has 0 aliphatic rings. The molecule has 7 heteroatoms. The van der Waals surface area contributed by atoms with E-state index >= 15 is 0 Å². The van der Waals surface area contributed by atoms with Crippen LogP contribution in [-0.2, 0) is 6.54 Å². The van der Waals surface area contributed by atoms with Crippen LogP contribution < -0.4 is 10.6 Å². The molecule has 124 valence electrons. The number of amides is 2. The standard InChI is InChI=1S/C16H20ClN3O3/c1-10(2)14(9-21)19-16(22)18-8-11-7-15(23-20-11)12-5-3-4-6-13(12)17/h3-7,10,14,21H,8-9H2,1-2H3,(H2,18,19,22)/t14-/m0/s1.